The van der Waals surface area contributed by atoms with E-state index < -0.39 is 23.5 Å². The molecule has 0 aliphatic carbocycles. The number of carboxylic acids is 1. The van der Waals surface area contributed by atoms with Crippen molar-refractivity contribution in [2.24, 2.45) is 5.41 Å². The maximum absolute atomic E-state index is 11.7. The fourth-order valence-electron chi connectivity index (χ4n) is 1.64. The first-order valence-electron chi connectivity index (χ1n) is 5.98. The van der Waals surface area contributed by atoms with Gasteiger partial charge in [-0.05, 0) is 26.4 Å². The molecular formula is C12H25N3O3. The van der Waals surface area contributed by atoms with Crippen LogP contribution in [0, 0.1) is 5.41 Å². The standard InChI is InChI=1S/C12H25N3O3/c1-8(7-15(5)6)13-11(18)14-9(10(16)17)12(2,3)4/h8-9H,7H2,1-6H3,(H,16,17)(H2,13,14,18). The predicted molar refractivity (Wildman–Crippen MR) is 70.6 cm³/mol. The van der Waals surface area contributed by atoms with E-state index in [0.29, 0.717) is 6.54 Å². The Morgan fingerprint density at radius 2 is 1.72 bits per heavy atom. The molecule has 0 fully saturated rings. The average Bonchev–Trinajstić information content (AvgIpc) is 2.09. The Hall–Kier alpha value is -1.30. The summed E-state index contributed by atoms with van der Waals surface area (Å²) in [5.41, 5.74) is -0.534. The lowest BCUT2D eigenvalue weighted by molar-refractivity contribution is -0.141. The molecule has 6 nitrogen and oxygen atoms in total. The van der Waals surface area contributed by atoms with E-state index in [4.69, 9.17) is 5.11 Å². The van der Waals surface area contributed by atoms with Gasteiger partial charge in [0.05, 0.1) is 0 Å². The molecule has 0 aromatic heterocycles. The van der Waals surface area contributed by atoms with Crippen LogP contribution in [-0.2, 0) is 4.79 Å². The molecule has 0 aromatic carbocycles. The molecule has 0 saturated carbocycles. The summed E-state index contributed by atoms with van der Waals surface area (Å²) in [7, 11) is 3.82. The highest BCUT2D eigenvalue weighted by molar-refractivity contribution is 5.83. The molecule has 0 aromatic rings. The van der Waals surface area contributed by atoms with Crippen LogP contribution in [0.1, 0.15) is 27.7 Å². The van der Waals surface area contributed by atoms with Crippen molar-refractivity contribution in [3.63, 3.8) is 0 Å². The molecule has 0 heterocycles. The first kappa shape index (κ1) is 16.7. The topological polar surface area (TPSA) is 81.7 Å². The minimum absolute atomic E-state index is 0.0468. The molecule has 2 unspecified atom stereocenters. The Bertz CT molecular complexity index is 297. The second-order valence-electron chi connectivity index (χ2n) is 5.92. The minimum atomic E-state index is -1.03. The molecule has 2 atom stereocenters. The third-order valence-electron chi connectivity index (χ3n) is 2.40. The summed E-state index contributed by atoms with van der Waals surface area (Å²) in [4.78, 5) is 24.7. The lowest BCUT2D eigenvalue weighted by atomic mass is 9.87. The lowest BCUT2D eigenvalue weighted by Crippen LogP contribution is -2.54. The average molecular weight is 259 g/mol. The summed E-state index contributed by atoms with van der Waals surface area (Å²) in [5, 5.41) is 14.3. The highest BCUT2D eigenvalue weighted by atomic mass is 16.4. The van der Waals surface area contributed by atoms with Gasteiger partial charge in [-0.3, -0.25) is 0 Å². The van der Waals surface area contributed by atoms with E-state index in [1.165, 1.54) is 0 Å². The fourth-order valence-corrected chi connectivity index (χ4v) is 1.64. The van der Waals surface area contributed by atoms with Crippen molar-refractivity contribution in [2.75, 3.05) is 20.6 Å². The van der Waals surface area contributed by atoms with Crippen molar-refractivity contribution in [1.29, 1.82) is 0 Å². The van der Waals surface area contributed by atoms with E-state index >= 15 is 0 Å². The van der Waals surface area contributed by atoms with E-state index in [2.05, 4.69) is 10.6 Å². The van der Waals surface area contributed by atoms with Gasteiger partial charge in [0.1, 0.15) is 6.04 Å². The van der Waals surface area contributed by atoms with Gasteiger partial charge in [0, 0.05) is 12.6 Å². The number of urea groups is 1. The largest absolute Gasteiger partial charge is 0.480 e. The summed E-state index contributed by atoms with van der Waals surface area (Å²) in [6.45, 7) is 7.88. The monoisotopic (exact) mass is 259 g/mol. The number of rotatable bonds is 5. The number of carboxylic acid groups (broad SMARTS) is 1. The van der Waals surface area contributed by atoms with Crippen LogP contribution in [0.4, 0.5) is 4.79 Å². The first-order chi connectivity index (χ1) is 8.04. The highest BCUT2D eigenvalue weighted by Crippen LogP contribution is 2.19. The second-order valence-corrected chi connectivity index (χ2v) is 5.92. The van der Waals surface area contributed by atoms with Crippen LogP contribution in [-0.4, -0.2) is 54.7 Å². The van der Waals surface area contributed by atoms with Crippen LogP contribution in [0.25, 0.3) is 0 Å². The smallest absolute Gasteiger partial charge is 0.326 e. The number of aliphatic carboxylic acids is 1. The van der Waals surface area contributed by atoms with Crippen molar-refractivity contribution < 1.29 is 14.7 Å². The number of amides is 2. The van der Waals surface area contributed by atoms with Crippen LogP contribution in [0.2, 0.25) is 0 Å². The molecule has 0 radical (unpaired) electrons. The molecular weight excluding hydrogens is 234 g/mol. The van der Waals surface area contributed by atoms with E-state index in [0.717, 1.165) is 0 Å². The molecule has 0 spiro atoms. The maximum atomic E-state index is 11.7. The maximum Gasteiger partial charge on any atom is 0.326 e. The van der Waals surface area contributed by atoms with Crippen LogP contribution < -0.4 is 10.6 Å². The number of hydrogen-bond donors (Lipinski definition) is 3. The fraction of sp³-hybridized carbons (Fsp3) is 0.833. The number of hydrogen-bond acceptors (Lipinski definition) is 3. The zero-order chi connectivity index (χ0) is 14.5. The molecule has 0 bridgehead atoms. The quantitative estimate of drug-likeness (QED) is 0.680. The molecule has 0 aliphatic heterocycles. The van der Waals surface area contributed by atoms with E-state index in [9.17, 15) is 9.59 Å². The van der Waals surface area contributed by atoms with Crippen molar-refractivity contribution in [3.05, 3.63) is 0 Å². The van der Waals surface area contributed by atoms with E-state index in [1.807, 2.05) is 25.9 Å². The van der Waals surface area contributed by atoms with Gasteiger partial charge >= 0.3 is 12.0 Å². The summed E-state index contributed by atoms with van der Waals surface area (Å²) < 4.78 is 0. The Balaban J connectivity index is 4.41. The summed E-state index contributed by atoms with van der Waals surface area (Å²) in [6.07, 6.45) is 0. The molecule has 0 saturated heterocycles. The minimum Gasteiger partial charge on any atom is -0.480 e. The van der Waals surface area contributed by atoms with Crippen LogP contribution >= 0.6 is 0 Å². The SMILES string of the molecule is CC(CN(C)C)NC(=O)NC(C(=O)O)C(C)(C)C. The third kappa shape index (κ3) is 6.44. The van der Waals surface area contributed by atoms with Crippen molar-refractivity contribution in [2.45, 2.75) is 39.8 Å². The zero-order valence-electron chi connectivity index (χ0n) is 12.1. The van der Waals surface area contributed by atoms with Gasteiger partial charge in [-0.2, -0.15) is 0 Å². The number of carbonyl (C=O) groups is 2. The van der Waals surface area contributed by atoms with Crippen LogP contribution in [0.3, 0.4) is 0 Å². The molecule has 2 amide bonds. The van der Waals surface area contributed by atoms with Gasteiger partial charge in [0.2, 0.25) is 0 Å². The Labute approximate surface area is 109 Å². The Morgan fingerprint density at radius 1 is 1.22 bits per heavy atom. The molecule has 3 N–H and O–H groups in total. The summed E-state index contributed by atoms with van der Waals surface area (Å²) >= 11 is 0. The third-order valence-corrected chi connectivity index (χ3v) is 2.40. The summed E-state index contributed by atoms with van der Waals surface area (Å²) in [5.74, 6) is -1.03. The van der Waals surface area contributed by atoms with Gasteiger partial charge in [-0.15, -0.1) is 0 Å². The highest BCUT2D eigenvalue weighted by Gasteiger charge is 2.32. The first-order valence-corrected chi connectivity index (χ1v) is 5.98. The van der Waals surface area contributed by atoms with Crippen molar-refractivity contribution in [1.82, 2.24) is 15.5 Å². The Kier molecular flexibility index (Phi) is 6.11. The second kappa shape index (κ2) is 6.58. The Morgan fingerprint density at radius 3 is 2.06 bits per heavy atom. The van der Waals surface area contributed by atoms with Gasteiger partial charge in [-0.25, -0.2) is 9.59 Å². The number of likely N-dealkylation sites (N-methyl/N-ethyl adjacent to an activating group) is 1. The lowest BCUT2D eigenvalue weighted by Gasteiger charge is -2.28. The van der Waals surface area contributed by atoms with E-state index in [1.54, 1.807) is 20.8 Å². The van der Waals surface area contributed by atoms with Crippen molar-refractivity contribution in [3.8, 4) is 0 Å². The predicted octanol–water partition coefficient (Wildman–Crippen LogP) is 0.735. The molecule has 18 heavy (non-hydrogen) atoms. The van der Waals surface area contributed by atoms with Gasteiger partial charge in [0.15, 0.2) is 0 Å². The zero-order valence-corrected chi connectivity index (χ0v) is 12.1. The normalized spacial score (nSPS) is 15.1. The van der Waals surface area contributed by atoms with Gasteiger partial charge in [-0.1, -0.05) is 20.8 Å². The number of nitrogens with one attached hydrogen (secondary N) is 2. The molecule has 0 aliphatic rings. The van der Waals surface area contributed by atoms with E-state index in [-0.39, 0.29) is 6.04 Å². The summed E-state index contributed by atoms with van der Waals surface area (Å²) in [6, 6.07) is -1.41. The van der Waals surface area contributed by atoms with Crippen LogP contribution in [0.5, 0.6) is 0 Å². The van der Waals surface area contributed by atoms with Crippen LogP contribution in [0.15, 0.2) is 0 Å². The van der Waals surface area contributed by atoms with Gasteiger partial charge in [0.25, 0.3) is 0 Å². The van der Waals surface area contributed by atoms with Crippen molar-refractivity contribution >= 4 is 12.0 Å². The number of carbonyl (C=O) groups excluding carboxylic acids is 1. The molecule has 6 heteroatoms. The van der Waals surface area contributed by atoms with Gasteiger partial charge < -0.3 is 20.6 Å². The molecule has 106 valence electrons. The number of nitrogens with zero attached hydrogens (tertiary/aromatic N) is 1. The molecule has 0 rings (SSSR count).